The third kappa shape index (κ3) is 16.1. The SMILES string of the molecule is CCC(C)(C)CCC(=O)c1ccc(Cn2nnc3c2-c2ccccc2C#Cc2ccccc2-3)cc1.CCC(C)(C)CCOCCCC(=O)OCC1[C@H]2CCC#CCC[C@@H]12.CCC(C)(C)CN1C(=O)c2ccccc2C#Cc2ccccc21. The molecule has 4 aliphatic rings. The molecule has 10 rings (SSSR count). The Morgan fingerprint density at radius 1 is 0.610 bits per heavy atom. The number of benzene rings is 5. The molecule has 9 nitrogen and oxygen atoms in total. The molecule has 1 amide bonds. The monoisotopic (exact) mass is 1100 g/mol. The van der Waals surface area contributed by atoms with Gasteiger partial charge in [0, 0.05) is 84.4 Å². The normalized spacial score (nSPS) is 16.3. The van der Waals surface area contributed by atoms with Crippen molar-refractivity contribution in [1.82, 2.24) is 15.0 Å². The molecule has 0 radical (unpaired) electrons. The summed E-state index contributed by atoms with van der Waals surface area (Å²) in [4.78, 5) is 39.7. The van der Waals surface area contributed by atoms with Crippen molar-refractivity contribution in [2.75, 3.05) is 31.3 Å². The highest BCUT2D eigenvalue weighted by molar-refractivity contribution is 6.09. The molecule has 0 saturated heterocycles. The summed E-state index contributed by atoms with van der Waals surface area (Å²) in [6, 6.07) is 39.7. The number of fused-ring (bicyclic) bond motifs is 8. The number of ether oxygens (including phenoxy) is 2. The van der Waals surface area contributed by atoms with Crippen molar-refractivity contribution >= 4 is 23.3 Å². The van der Waals surface area contributed by atoms with Gasteiger partial charge in [-0.3, -0.25) is 14.4 Å². The van der Waals surface area contributed by atoms with Gasteiger partial charge in [0.15, 0.2) is 5.78 Å². The van der Waals surface area contributed by atoms with Crippen LogP contribution in [0.1, 0.15) is 188 Å². The zero-order chi connectivity index (χ0) is 58.3. The highest BCUT2D eigenvalue weighted by atomic mass is 16.5. The molecule has 0 spiro atoms. The molecule has 0 bridgehead atoms. The summed E-state index contributed by atoms with van der Waals surface area (Å²) < 4.78 is 13.1. The molecule has 1 saturated carbocycles. The van der Waals surface area contributed by atoms with Gasteiger partial charge in [0.05, 0.1) is 30.1 Å². The summed E-state index contributed by atoms with van der Waals surface area (Å²) in [5.74, 6) is 21.7. The van der Waals surface area contributed by atoms with E-state index in [4.69, 9.17) is 9.47 Å². The molecule has 3 aliphatic carbocycles. The second-order valence-electron chi connectivity index (χ2n) is 24.7. The van der Waals surface area contributed by atoms with Crippen molar-refractivity contribution in [3.63, 3.8) is 0 Å². The maximum atomic E-state index is 13.2. The predicted octanol–water partition coefficient (Wildman–Crippen LogP) is 15.8. The minimum atomic E-state index is -0.0667. The Morgan fingerprint density at radius 3 is 1.78 bits per heavy atom. The minimum absolute atomic E-state index is 0.0311. The van der Waals surface area contributed by atoms with Crippen molar-refractivity contribution in [3.8, 4) is 58.0 Å². The summed E-state index contributed by atoms with van der Waals surface area (Å²) in [7, 11) is 0. The molecule has 82 heavy (non-hydrogen) atoms. The summed E-state index contributed by atoms with van der Waals surface area (Å²) in [5.41, 5.74) is 11.4. The molecule has 0 N–H and O–H groups in total. The number of carbonyl (C=O) groups is 3. The van der Waals surface area contributed by atoms with Gasteiger partial charge in [-0.2, -0.15) is 0 Å². The summed E-state index contributed by atoms with van der Waals surface area (Å²) in [6.45, 7) is 23.2. The molecule has 6 aromatic rings. The van der Waals surface area contributed by atoms with Gasteiger partial charge in [-0.25, -0.2) is 4.68 Å². The Balaban J connectivity index is 0.000000167. The quantitative estimate of drug-likeness (QED) is 0.0324. The first kappa shape index (κ1) is 60.6. The summed E-state index contributed by atoms with van der Waals surface area (Å²) >= 11 is 0. The number of ketones is 1. The van der Waals surface area contributed by atoms with E-state index in [2.05, 4.69) is 120 Å². The maximum Gasteiger partial charge on any atom is 0.305 e. The second kappa shape index (κ2) is 28.0. The fourth-order valence-electron chi connectivity index (χ4n) is 10.5. The lowest BCUT2D eigenvalue weighted by molar-refractivity contribution is -0.144. The number of para-hydroxylation sites is 1. The van der Waals surface area contributed by atoms with Crippen molar-refractivity contribution in [2.24, 2.45) is 34.0 Å². The van der Waals surface area contributed by atoms with Crippen LogP contribution in [0, 0.1) is 69.5 Å². The van der Waals surface area contributed by atoms with Crippen LogP contribution in [0.4, 0.5) is 5.69 Å². The predicted molar refractivity (Wildman–Crippen MR) is 331 cm³/mol. The summed E-state index contributed by atoms with van der Waals surface area (Å²) in [6.07, 6.45) is 11.4. The van der Waals surface area contributed by atoms with Crippen LogP contribution in [-0.4, -0.2) is 59.0 Å². The van der Waals surface area contributed by atoms with Crippen LogP contribution in [0.5, 0.6) is 0 Å². The van der Waals surface area contributed by atoms with Crippen molar-refractivity contribution in [3.05, 3.63) is 160 Å². The van der Waals surface area contributed by atoms with E-state index in [0.717, 1.165) is 131 Å². The van der Waals surface area contributed by atoms with E-state index in [9.17, 15) is 14.4 Å². The van der Waals surface area contributed by atoms with E-state index in [1.165, 1.54) is 12.8 Å². The molecule has 1 fully saturated rings. The molecule has 1 unspecified atom stereocenters. The molecular weight excluding hydrogens is 1010 g/mol. The van der Waals surface area contributed by atoms with E-state index in [-0.39, 0.29) is 28.5 Å². The Bertz CT molecular complexity index is 3370. The topological polar surface area (TPSA) is 104 Å². The number of hydrogen-bond acceptors (Lipinski definition) is 7. The third-order valence-corrected chi connectivity index (χ3v) is 17.3. The van der Waals surface area contributed by atoms with Gasteiger partial charge in [0.2, 0.25) is 0 Å². The average Bonchev–Trinajstić information content (AvgIpc) is 3.99. The maximum absolute atomic E-state index is 13.2. The van der Waals surface area contributed by atoms with Crippen molar-refractivity contribution < 1.29 is 23.9 Å². The Hall–Kier alpha value is -7.51. The lowest BCUT2D eigenvalue weighted by atomic mass is 9.84. The van der Waals surface area contributed by atoms with Gasteiger partial charge >= 0.3 is 5.97 Å². The van der Waals surface area contributed by atoms with Crippen molar-refractivity contribution in [2.45, 2.75) is 146 Å². The first-order valence-electron chi connectivity index (χ1n) is 30.0. The van der Waals surface area contributed by atoms with Gasteiger partial charge in [-0.15, -0.1) is 16.9 Å². The van der Waals surface area contributed by atoms with Crippen LogP contribution in [-0.2, 0) is 20.8 Å². The number of anilines is 1. The van der Waals surface area contributed by atoms with E-state index in [1.54, 1.807) is 0 Å². The molecule has 426 valence electrons. The average molecular weight is 1100 g/mol. The first-order valence-corrected chi connectivity index (χ1v) is 30.0. The zero-order valence-corrected chi connectivity index (χ0v) is 50.1. The Labute approximate surface area is 489 Å². The van der Waals surface area contributed by atoms with Gasteiger partial charge in [0.1, 0.15) is 5.69 Å². The highest BCUT2D eigenvalue weighted by Gasteiger charge is 2.49. The van der Waals surface area contributed by atoms with Crippen LogP contribution in [0.2, 0.25) is 0 Å². The number of hydrogen-bond donors (Lipinski definition) is 0. The fraction of sp³-hybridized carbons (Fsp3) is 0.438. The van der Waals surface area contributed by atoms with Gasteiger partial charge in [0.25, 0.3) is 5.91 Å². The molecule has 3 atom stereocenters. The number of Topliss-reactive ketones (excluding diaryl/α,β-unsaturated/α-hetero) is 1. The van der Waals surface area contributed by atoms with Crippen LogP contribution in [0.15, 0.2) is 121 Å². The lowest BCUT2D eigenvalue weighted by Crippen LogP contribution is -2.40. The Kier molecular flexibility index (Phi) is 20.7. The molecule has 1 aromatic heterocycles. The van der Waals surface area contributed by atoms with E-state index >= 15 is 0 Å². The van der Waals surface area contributed by atoms with E-state index in [1.807, 2.05) is 119 Å². The largest absolute Gasteiger partial charge is 0.465 e. The number of nitrogens with zero attached hydrogens (tertiary/aromatic N) is 4. The standard InChI is InChI=1S/C31H29N3O.C21H21NO.C21H34O3/c1-4-31(2,3)20-19-28(35)25-15-13-22(14-16-25)21-34-30-27-12-8-6-10-24(27)18-17-23-9-5-7-11-26(23)29(30)32-33-34;1-4-21(2,3)15-22-19-12-8-6-10-17(19)14-13-16-9-5-7-11-18(16)20(22)23;1-4-21(2,3)13-15-23-14-9-12-20(22)24-16-19-17-10-7-5-6-8-11-18(17)19/h5-16H,4,19-21H2,1-3H3;5-12H,4,15H2,1-3H3;17-19H,4,7-16H2,1-3H3/t;;17-,18+,19?. The molecule has 2 heterocycles. The number of esters is 1. The zero-order valence-electron chi connectivity index (χ0n) is 50.1. The number of amides is 1. The first-order chi connectivity index (χ1) is 39.5. The highest BCUT2D eigenvalue weighted by Crippen LogP contribution is 2.52. The molecule has 9 heteroatoms. The van der Waals surface area contributed by atoms with Gasteiger partial charge in [-0.1, -0.05) is 189 Å². The number of rotatable bonds is 20. The van der Waals surface area contributed by atoms with E-state index < -0.39 is 0 Å². The number of aromatic nitrogens is 3. The fourth-order valence-corrected chi connectivity index (χ4v) is 10.5. The van der Waals surface area contributed by atoms with Crippen LogP contribution in [0.3, 0.4) is 0 Å². The second-order valence-corrected chi connectivity index (χ2v) is 24.7. The Morgan fingerprint density at radius 2 is 1.15 bits per heavy atom. The lowest BCUT2D eigenvalue weighted by Gasteiger charge is -2.33. The minimum Gasteiger partial charge on any atom is -0.465 e. The van der Waals surface area contributed by atoms with E-state index in [0.29, 0.717) is 56.0 Å². The summed E-state index contributed by atoms with van der Waals surface area (Å²) in [5, 5.41) is 9.13. The third-order valence-electron chi connectivity index (χ3n) is 17.3. The van der Waals surface area contributed by atoms with Crippen LogP contribution in [0.25, 0.3) is 22.5 Å². The van der Waals surface area contributed by atoms with Crippen LogP contribution < -0.4 is 4.90 Å². The number of carbonyl (C=O) groups excluding carboxylic acids is 3. The molecule has 5 aromatic carbocycles. The van der Waals surface area contributed by atoms with Crippen LogP contribution >= 0.6 is 0 Å². The van der Waals surface area contributed by atoms with Crippen molar-refractivity contribution in [1.29, 1.82) is 0 Å². The molecule has 1 aliphatic heterocycles. The molecular formula is C73H84N4O5. The van der Waals surface area contributed by atoms with Gasteiger partial charge in [-0.05, 0) is 114 Å². The van der Waals surface area contributed by atoms with Gasteiger partial charge < -0.3 is 14.4 Å². The smallest absolute Gasteiger partial charge is 0.305 e.